The molecule has 12 nitrogen and oxygen atoms in total. The van der Waals surface area contributed by atoms with Crippen molar-refractivity contribution in [3.05, 3.63) is 79.9 Å². The van der Waals surface area contributed by atoms with Crippen LogP contribution in [-0.2, 0) is 19.1 Å². The lowest BCUT2D eigenvalue weighted by atomic mass is 9.92. The Hall–Kier alpha value is -3.90. The molecule has 0 aliphatic carbocycles. The van der Waals surface area contributed by atoms with E-state index in [0.29, 0.717) is 36.9 Å². The van der Waals surface area contributed by atoms with Crippen molar-refractivity contribution in [2.75, 3.05) is 6.54 Å². The molecule has 194 valence electrons. The fraction of sp³-hybridized carbons (Fsp3) is 0.417. The maximum atomic E-state index is 13.1. The number of rotatable bonds is 13. The van der Waals surface area contributed by atoms with Crippen molar-refractivity contribution in [2.24, 2.45) is 11.5 Å². The van der Waals surface area contributed by atoms with Crippen LogP contribution in [-0.4, -0.2) is 33.9 Å². The van der Waals surface area contributed by atoms with Crippen LogP contribution in [0.3, 0.4) is 0 Å². The Balaban J connectivity index is 2.18. The van der Waals surface area contributed by atoms with Crippen LogP contribution in [0.15, 0.2) is 48.5 Å². The highest BCUT2D eigenvalue weighted by atomic mass is 16.6. The first-order valence-corrected chi connectivity index (χ1v) is 11.4. The number of non-ortho nitro benzene ring substituents is 2. The summed E-state index contributed by atoms with van der Waals surface area (Å²) in [7, 11) is 0. The van der Waals surface area contributed by atoms with Crippen molar-refractivity contribution in [3.8, 4) is 0 Å². The molecule has 0 aliphatic heterocycles. The average molecular weight is 503 g/mol. The summed E-state index contributed by atoms with van der Waals surface area (Å²) in [5.74, 6) is -2.00. The van der Waals surface area contributed by atoms with Crippen molar-refractivity contribution in [1.29, 1.82) is 0 Å². The van der Waals surface area contributed by atoms with Gasteiger partial charge in [-0.25, -0.2) is 9.59 Å². The zero-order chi connectivity index (χ0) is 26.9. The molecule has 0 radical (unpaired) electrons. The average Bonchev–Trinajstić information content (AvgIpc) is 2.86. The molecule has 0 aliphatic rings. The van der Waals surface area contributed by atoms with E-state index in [1.54, 1.807) is 13.8 Å². The third-order valence-electron chi connectivity index (χ3n) is 5.72. The fourth-order valence-electron chi connectivity index (χ4n) is 3.41. The van der Waals surface area contributed by atoms with Crippen LogP contribution in [0, 0.1) is 20.2 Å². The zero-order valence-electron chi connectivity index (χ0n) is 20.1. The van der Waals surface area contributed by atoms with Gasteiger partial charge in [0, 0.05) is 24.3 Å². The zero-order valence-corrected chi connectivity index (χ0v) is 20.1. The summed E-state index contributed by atoms with van der Waals surface area (Å²) in [5.41, 5.74) is 10.4. The third-order valence-corrected chi connectivity index (χ3v) is 5.72. The Morgan fingerprint density at radius 3 is 1.53 bits per heavy atom. The minimum absolute atomic E-state index is 0.0510. The Labute approximate surface area is 207 Å². The van der Waals surface area contributed by atoms with Gasteiger partial charge in [-0.2, -0.15) is 0 Å². The van der Waals surface area contributed by atoms with Gasteiger partial charge in [0.1, 0.15) is 12.2 Å². The number of esters is 2. The SMILES string of the molecule is CC(OC(=O)C(N)(CCCCCN)C(=O)OC(C)c1ccc([N+](=O)[O-])cc1)c1ccc([N+](=O)[O-])cc1. The summed E-state index contributed by atoms with van der Waals surface area (Å²) >= 11 is 0. The van der Waals surface area contributed by atoms with Crippen molar-refractivity contribution in [1.82, 2.24) is 0 Å². The van der Waals surface area contributed by atoms with E-state index in [-0.39, 0.29) is 17.8 Å². The normalized spacial score (nSPS) is 14.2. The number of nitrogens with zero attached hydrogens (tertiary/aromatic N) is 2. The second kappa shape index (κ2) is 12.7. The van der Waals surface area contributed by atoms with Gasteiger partial charge in [-0.15, -0.1) is 0 Å². The van der Waals surface area contributed by atoms with E-state index < -0.39 is 39.5 Å². The predicted molar refractivity (Wildman–Crippen MR) is 130 cm³/mol. The summed E-state index contributed by atoms with van der Waals surface area (Å²) in [6.07, 6.45) is -0.0135. The molecule has 4 N–H and O–H groups in total. The summed E-state index contributed by atoms with van der Waals surface area (Å²) < 4.78 is 11.0. The van der Waals surface area contributed by atoms with Gasteiger partial charge >= 0.3 is 11.9 Å². The Morgan fingerprint density at radius 1 is 0.806 bits per heavy atom. The molecule has 0 amide bonds. The minimum atomic E-state index is -2.11. The molecule has 2 unspecified atom stereocenters. The lowest BCUT2D eigenvalue weighted by Gasteiger charge is -2.28. The monoisotopic (exact) mass is 502 g/mol. The van der Waals surface area contributed by atoms with Gasteiger partial charge in [0.05, 0.1) is 9.85 Å². The predicted octanol–water partition coefficient (Wildman–Crippen LogP) is 3.63. The number of nitrogens with two attached hydrogens (primary N) is 2. The number of carbonyl (C=O) groups excluding carboxylic acids is 2. The highest BCUT2D eigenvalue weighted by Crippen LogP contribution is 2.27. The molecule has 0 aromatic heterocycles. The van der Waals surface area contributed by atoms with Gasteiger partial charge in [-0.05, 0) is 68.6 Å². The van der Waals surface area contributed by atoms with E-state index in [4.69, 9.17) is 20.9 Å². The molecule has 0 heterocycles. The Kier molecular flexibility index (Phi) is 10.00. The standard InChI is InChI=1S/C24H30N4O8/c1-16(18-6-10-20(11-7-18)27(31)32)35-22(29)24(26,14-4-3-5-15-25)23(30)36-17(2)19-8-12-21(13-9-19)28(33)34/h6-13,16-17H,3-5,14-15,25-26H2,1-2H3. The molecule has 0 saturated carbocycles. The lowest BCUT2D eigenvalue weighted by Crippen LogP contribution is -2.56. The first kappa shape index (κ1) is 28.3. The molecule has 2 atom stereocenters. The van der Waals surface area contributed by atoms with Crippen molar-refractivity contribution in [3.63, 3.8) is 0 Å². The topological polar surface area (TPSA) is 191 Å². The van der Waals surface area contributed by atoms with E-state index in [2.05, 4.69) is 0 Å². The molecule has 0 saturated heterocycles. The van der Waals surface area contributed by atoms with Crippen LogP contribution in [0.1, 0.15) is 62.9 Å². The number of unbranched alkanes of at least 4 members (excludes halogenated alkanes) is 2. The van der Waals surface area contributed by atoms with Crippen molar-refractivity contribution < 1.29 is 28.9 Å². The van der Waals surface area contributed by atoms with Gasteiger partial charge in [0.15, 0.2) is 0 Å². The number of carbonyl (C=O) groups is 2. The van der Waals surface area contributed by atoms with Crippen LogP contribution in [0.4, 0.5) is 11.4 Å². The molecule has 2 aromatic carbocycles. The van der Waals surface area contributed by atoms with E-state index >= 15 is 0 Å². The van der Waals surface area contributed by atoms with Crippen LogP contribution in [0.25, 0.3) is 0 Å². The summed E-state index contributed by atoms with van der Waals surface area (Å²) in [6.45, 7) is 3.55. The molecular formula is C24H30N4O8. The molecule has 2 aromatic rings. The summed E-state index contributed by atoms with van der Waals surface area (Å²) in [5, 5.41) is 21.7. The Bertz CT molecular complexity index is 995. The maximum Gasteiger partial charge on any atom is 0.338 e. The van der Waals surface area contributed by atoms with E-state index in [9.17, 15) is 29.8 Å². The number of nitro groups is 2. The van der Waals surface area contributed by atoms with E-state index in [1.165, 1.54) is 48.5 Å². The number of benzene rings is 2. The van der Waals surface area contributed by atoms with E-state index in [1.807, 2.05) is 0 Å². The van der Waals surface area contributed by atoms with Crippen molar-refractivity contribution >= 4 is 23.3 Å². The summed E-state index contributed by atoms with van der Waals surface area (Å²) in [4.78, 5) is 46.9. The Morgan fingerprint density at radius 2 is 1.19 bits per heavy atom. The molecule has 0 fully saturated rings. The maximum absolute atomic E-state index is 13.1. The molecule has 12 heteroatoms. The number of hydrogen-bond acceptors (Lipinski definition) is 10. The van der Waals surface area contributed by atoms with Crippen LogP contribution < -0.4 is 11.5 Å². The van der Waals surface area contributed by atoms with Crippen LogP contribution in [0.2, 0.25) is 0 Å². The van der Waals surface area contributed by atoms with E-state index in [0.717, 1.165) is 0 Å². The van der Waals surface area contributed by atoms with Gasteiger partial charge in [-0.3, -0.25) is 20.2 Å². The summed E-state index contributed by atoms with van der Waals surface area (Å²) in [6, 6.07) is 10.9. The molecule has 36 heavy (non-hydrogen) atoms. The number of hydrogen-bond donors (Lipinski definition) is 2. The quantitative estimate of drug-likeness (QED) is 0.134. The molecule has 0 spiro atoms. The molecule has 0 bridgehead atoms. The fourth-order valence-corrected chi connectivity index (χ4v) is 3.41. The second-order valence-electron chi connectivity index (χ2n) is 8.36. The van der Waals surface area contributed by atoms with Gasteiger partial charge in [0.25, 0.3) is 11.4 Å². The highest BCUT2D eigenvalue weighted by Gasteiger charge is 2.46. The lowest BCUT2D eigenvalue weighted by molar-refractivity contribution is -0.385. The highest BCUT2D eigenvalue weighted by molar-refractivity contribution is 6.04. The minimum Gasteiger partial charge on any atom is -0.456 e. The van der Waals surface area contributed by atoms with Gasteiger partial charge < -0.3 is 20.9 Å². The number of nitro benzene ring substituents is 2. The van der Waals surface area contributed by atoms with Crippen LogP contribution in [0.5, 0.6) is 0 Å². The van der Waals surface area contributed by atoms with Gasteiger partial charge in [0.2, 0.25) is 5.54 Å². The number of ether oxygens (including phenoxy) is 2. The second-order valence-corrected chi connectivity index (χ2v) is 8.36. The van der Waals surface area contributed by atoms with Gasteiger partial charge in [-0.1, -0.05) is 12.8 Å². The largest absolute Gasteiger partial charge is 0.456 e. The first-order chi connectivity index (χ1) is 17.0. The molecule has 2 rings (SSSR count). The third kappa shape index (κ3) is 7.30. The van der Waals surface area contributed by atoms with Crippen molar-refractivity contribution in [2.45, 2.75) is 57.3 Å². The smallest absolute Gasteiger partial charge is 0.338 e. The van der Waals surface area contributed by atoms with Crippen LogP contribution >= 0.6 is 0 Å². The molecular weight excluding hydrogens is 472 g/mol. The first-order valence-electron chi connectivity index (χ1n) is 11.4.